The van der Waals surface area contributed by atoms with E-state index < -0.39 is 5.41 Å². The van der Waals surface area contributed by atoms with Gasteiger partial charge in [0, 0.05) is 30.0 Å². The second-order valence-corrected chi connectivity index (χ2v) is 8.26. The summed E-state index contributed by atoms with van der Waals surface area (Å²) in [6, 6.07) is 10.6. The quantitative estimate of drug-likeness (QED) is 0.685. The Kier molecular flexibility index (Phi) is 4.59. The molecule has 0 saturated heterocycles. The Balaban J connectivity index is 1.97. The van der Waals surface area contributed by atoms with Gasteiger partial charge in [0.25, 0.3) is 0 Å². The summed E-state index contributed by atoms with van der Waals surface area (Å²) in [5.41, 5.74) is 6.96. The molecule has 3 unspecified atom stereocenters. The van der Waals surface area contributed by atoms with Crippen LogP contribution in [0.25, 0.3) is 5.57 Å². The Bertz CT molecular complexity index is 1370. The van der Waals surface area contributed by atoms with Crippen molar-refractivity contribution in [3.63, 3.8) is 0 Å². The Morgan fingerprint density at radius 1 is 1.06 bits per heavy atom. The van der Waals surface area contributed by atoms with E-state index in [1.54, 1.807) is 0 Å². The molecule has 4 aliphatic rings. The molecule has 0 fully saturated rings. The Labute approximate surface area is 188 Å². The molecule has 32 heavy (non-hydrogen) atoms. The molecule has 5 rings (SSSR count). The number of nitriles is 2. The summed E-state index contributed by atoms with van der Waals surface area (Å²) < 4.78 is 0. The third-order valence-electron chi connectivity index (χ3n) is 6.86. The monoisotopic (exact) mass is 411 g/mol. The first kappa shape index (κ1) is 19.7. The zero-order valence-corrected chi connectivity index (χ0v) is 17.7. The fourth-order valence-corrected chi connectivity index (χ4v) is 5.63. The molecule has 3 atom stereocenters. The summed E-state index contributed by atoms with van der Waals surface area (Å²) in [5.74, 6) is 6.44. The SMILES string of the molecule is C=CC1=C(C=C)C2(C3=C(CC#CCC(C#N)=C3)c3ccc(C#N)cc32)C2C=CC=CC2N1. The summed E-state index contributed by atoms with van der Waals surface area (Å²) in [6.07, 6.45) is 15.3. The molecule has 1 spiro atoms. The first-order chi connectivity index (χ1) is 15.7. The molecule has 0 bridgehead atoms. The van der Waals surface area contributed by atoms with Gasteiger partial charge in [-0.2, -0.15) is 10.5 Å². The lowest BCUT2D eigenvalue weighted by atomic mass is 9.57. The molecule has 3 nitrogen and oxygen atoms in total. The highest BCUT2D eigenvalue weighted by molar-refractivity contribution is 5.88. The van der Waals surface area contributed by atoms with Crippen molar-refractivity contribution in [2.24, 2.45) is 5.92 Å². The fourth-order valence-electron chi connectivity index (χ4n) is 5.63. The highest BCUT2D eigenvalue weighted by Gasteiger charge is 2.55. The van der Waals surface area contributed by atoms with E-state index in [1.807, 2.05) is 36.4 Å². The summed E-state index contributed by atoms with van der Waals surface area (Å²) in [7, 11) is 0. The molecular weight excluding hydrogens is 390 g/mol. The van der Waals surface area contributed by atoms with Crippen LogP contribution in [0.1, 0.15) is 29.5 Å². The first-order valence-electron chi connectivity index (χ1n) is 10.6. The third kappa shape index (κ3) is 2.54. The van der Waals surface area contributed by atoms with Crippen LogP contribution in [0.15, 0.2) is 96.3 Å². The van der Waals surface area contributed by atoms with Crippen LogP contribution < -0.4 is 5.32 Å². The van der Waals surface area contributed by atoms with E-state index >= 15 is 0 Å². The lowest BCUT2D eigenvalue weighted by Gasteiger charge is -2.49. The Morgan fingerprint density at radius 2 is 1.88 bits per heavy atom. The van der Waals surface area contributed by atoms with Gasteiger partial charge in [-0.3, -0.25) is 0 Å². The number of benzene rings is 1. The predicted molar refractivity (Wildman–Crippen MR) is 127 cm³/mol. The maximum atomic E-state index is 9.83. The maximum absolute atomic E-state index is 9.83. The maximum Gasteiger partial charge on any atom is 0.0991 e. The van der Waals surface area contributed by atoms with Crippen LogP contribution in [-0.4, -0.2) is 6.04 Å². The van der Waals surface area contributed by atoms with Gasteiger partial charge in [-0.15, -0.1) is 0 Å². The average Bonchev–Trinajstić information content (AvgIpc) is 3.06. The second-order valence-electron chi connectivity index (χ2n) is 8.26. The number of nitrogens with one attached hydrogen (secondary N) is 1. The van der Waals surface area contributed by atoms with Crippen molar-refractivity contribution < 1.29 is 0 Å². The van der Waals surface area contributed by atoms with Gasteiger partial charge < -0.3 is 5.32 Å². The van der Waals surface area contributed by atoms with Crippen molar-refractivity contribution >= 4 is 5.57 Å². The molecule has 3 heteroatoms. The predicted octanol–water partition coefficient (Wildman–Crippen LogP) is 5.15. The Hall–Kier alpha value is -4.26. The number of hydrogen-bond donors (Lipinski definition) is 1. The van der Waals surface area contributed by atoms with Crippen molar-refractivity contribution in [3.8, 4) is 24.0 Å². The molecule has 0 amide bonds. The number of allylic oxidation sites excluding steroid dienone is 9. The van der Waals surface area contributed by atoms with Crippen LogP contribution >= 0.6 is 0 Å². The second kappa shape index (κ2) is 7.46. The van der Waals surface area contributed by atoms with Crippen LogP contribution in [0.5, 0.6) is 0 Å². The molecule has 3 aliphatic carbocycles. The van der Waals surface area contributed by atoms with Crippen molar-refractivity contribution in [1.82, 2.24) is 5.32 Å². The Morgan fingerprint density at radius 3 is 2.62 bits per heavy atom. The van der Waals surface area contributed by atoms with Crippen molar-refractivity contribution in [2.45, 2.75) is 24.3 Å². The van der Waals surface area contributed by atoms with E-state index in [9.17, 15) is 10.5 Å². The highest BCUT2D eigenvalue weighted by Crippen LogP contribution is 2.60. The molecule has 0 saturated carbocycles. The molecule has 1 N–H and O–H groups in total. The zero-order chi connectivity index (χ0) is 22.3. The van der Waals surface area contributed by atoms with E-state index in [2.05, 4.69) is 66.8 Å². The molecule has 1 aromatic carbocycles. The van der Waals surface area contributed by atoms with Gasteiger partial charge in [0.05, 0.1) is 29.2 Å². The van der Waals surface area contributed by atoms with Gasteiger partial charge in [-0.05, 0) is 52.1 Å². The van der Waals surface area contributed by atoms with Crippen molar-refractivity contribution in [1.29, 1.82) is 10.5 Å². The molecule has 1 aromatic rings. The fraction of sp³-hybridized carbons (Fsp3) is 0.172. The standard InChI is InChI=1S/C29H21N3/c1-3-23-27(4-2)32-28-12-8-7-11-24(28)29(23)25-15-19(17-30)9-5-6-10-21(25)22-14-13-20(18-31)16-26(22)29/h3-4,7-8,11-16,24,28,32H,1-2,9-10H2. The lowest BCUT2D eigenvalue weighted by molar-refractivity contribution is 0.353. The van der Waals surface area contributed by atoms with E-state index in [0.29, 0.717) is 24.0 Å². The minimum absolute atomic E-state index is 0.0352. The van der Waals surface area contributed by atoms with Gasteiger partial charge in [0.1, 0.15) is 0 Å². The van der Waals surface area contributed by atoms with Gasteiger partial charge in [0.15, 0.2) is 0 Å². The summed E-state index contributed by atoms with van der Waals surface area (Å²) in [6.45, 7) is 8.25. The summed E-state index contributed by atoms with van der Waals surface area (Å²) in [4.78, 5) is 0. The van der Waals surface area contributed by atoms with Gasteiger partial charge in [0.2, 0.25) is 0 Å². The van der Waals surface area contributed by atoms with Crippen molar-refractivity contribution in [2.75, 3.05) is 0 Å². The molecule has 1 heterocycles. The normalized spacial score (nSPS) is 26.8. The number of rotatable bonds is 2. The topological polar surface area (TPSA) is 59.6 Å². The van der Waals surface area contributed by atoms with Gasteiger partial charge in [-0.25, -0.2) is 0 Å². The molecular formula is C29H21N3. The van der Waals surface area contributed by atoms with E-state index in [1.165, 1.54) is 0 Å². The van der Waals surface area contributed by atoms with Crippen LogP contribution in [0.2, 0.25) is 0 Å². The third-order valence-corrected chi connectivity index (χ3v) is 6.86. The minimum atomic E-state index is -0.596. The summed E-state index contributed by atoms with van der Waals surface area (Å²) in [5, 5.41) is 23.2. The van der Waals surface area contributed by atoms with Crippen LogP contribution in [0.3, 0.4) is 0 Å². The van der Waals surface area contributed by atoms with Gasteiger partial charge in [-0.1, -0.05) is 61.4 Å². The summed E-state index contributed by atoms with van der Waals surface area (Å²) >= 11 is 0. The number of fused-ring (bicyclic) bond motifs is 6. The van der Waals surface area contributed by atoms with Crippen molar-refractivity contribution in [3.05, 3.63) is 113 Å². The van der Waals surface area contributed by atoms with E-state index in [0.717, 1.165) is 33.5 Å². The lowest BCUT2D eigenvalue weighted by Crippen LogP contribution is -2.52. The smallest absolute Gasteiger partial charge is 0.0991 e. The molecule has 1 aliphatic heterocycles. The van der Waals surface area contributed by atoms with E-state index in [-0.39, 0.29) is 12.0 Å². The average molecular weight is 412 g/mol. The number of hydrogen-bond acceptors (Lipinski definition) is 3. The minimum Gasteiger partial charge on any atom is -0.378 e. The largest absolute Gasteiger partial charge is 0.378 e. The molecule has 0 radical (unpaired) electrons. The highest BCUT2D eigenvalue weighted by atomic mass is 15.0. The van der Waals surface area contributed by atoms with Crippen LogP contribution in [0, 0.1) is 40.4 Å². The van der Waals surface area contributed by atoms with E-state index in [4.69, 9.17) is 0 Å². The first-order valence-corrected chi connectivity index (χ1v) is 10.6. The molecule has 0 aromatic heterocycles. The van der Waals surface area contributed by atoms with Gasteiger partial charge >= 0.3 is 0 Å². The zero-order valence-electron chi connectivity index (χ0n) is 17.7. The van der Waals surface area contributed by atoms with Crippen LogP contribution in [0.4, 0.5) is 0 Å². The molecule has 152 valence electrons. The number of nitrogens with zero attached hydrogens (tertiary/aromatic N) is 2. The van der Waals surface area contributed by atoms with Crippen LogP contribution in [-0.2, 0) is 5.41 Å².